The van der Waals surface area contributed by atoms with Crippen molar-refractivity contribution in [1.82, 2.24) is 0 Å². The molecule has 0 aliphatic carbocycles. The third kappa shape index (κ3) is 2.79. The molecule has 0 bridgehead atoms. The molecule has 0 aliphatic heterocycles. The molecule has 1 aromatic carbocycles. The molecule has 1 aromatic rings. The van der Waals surface area contributed by atoms with Crippen LogP contribution in [0.15, 0.2) is 22.7 Å². The molecular formula is C7H5BrClFO2. The quantitative estimate of drug-likeness (QED) is 0.838. The Balaban J connectivity index is 0.00000121. The van der Waals surface area contributed by atoms with Gasteiger partial charge in [-0.3, -0.25) is 0 Å². The average Bonchev–Trinajstić information content (AvgIpc) is 1.85. The molecule has 66 valence electrons. The SMILES string of the molecule is Cl.O=C(O)c1cc(F)cc(Br)c1. The highest BCUT2D eigenvalue weighted by molar-refractivity contribution is 9.10. The van der Waals surface area contributed by atoms with Gasteiger partial charge in [0.15, 0.2) is 0 Å². The van der Waals surface area contributed by atoms with E-state index < -0.39 is 11.8 Å². The monoisotopic (exact) mass is 254 g/mol. The van der Waals surface area contributed by atoms with E-state index in [0.29, 0.717) is 4.47 Å². The highest BCUT2D eigenvalue weighted by atomic mass is 79.9. The lowest BCUT2D eigenvalue weighted by Crippen LogP contribution is -1.96. The van der Waals surface area contributed by atoms with Crippen molar-refractivity contribution in [1.29, 1.82) is 0 Å². The molecule has 0 saturated carbocycles. The van der Waals surface area contributed by atoms with Crippen LogP contribution < -0.4 is 0 Å². The number of hydrogen-bond acceptors (Lipinski definition) is 1. The molecule has 1 rings (SSSR count). The van der Waals surface area contributed by atoms with Crippen LogP contribution >= 0.6 is 28.3 Å². The third-order valence-corrected chi connectivity index (χ3v) is 1.57. The topological polar surface area (TPSA) is 37.3 Å². The van der Waals surface area contributed by atoms with Gasteiger partial charge < -0.3 is 5.11 Å². The Bertz CT molecular complexity index is 283. The first-order chi connectivity index (χ1) is 5.09. The summed E-state index contributed by atoms with van der Waals surface area (Å²) in [5.74, 6) is -1.69. The predicted molar refractivity (Wildman–Crippen MR) is 48.3 cm³/mol. The first-order valence-electron chi connectivity index (χ1n) is 2.79. The van der Waals surface area contributed by atoms with Crippen LogP contribution in [0, 0.1) is 5.82 Å². The number of benzene rings is 1. The van der Waals surface area contributed by atoms with Gasteiger partial charge in [0.25, 0.3) is 0 Å². The van der Waals surface area contributed by atoms with Gasteiger partial charge in [-0.15, -0.1) is 12.4 Å². The van der Waals surface area contributed by atoms with Gasteiger partial charge in [-0.1, -0.05) is 15.9 Å². The van der Waals surface area contributed by atoms with Crippen LogP contribution in [-0.2, 0) is 0 Å². The van der Waals surface area contributed by atoms with Crippen molar-refractivity contribution in [2.75, 3.05) is 0 Å². The Morgan fingerprint density at radius 1 is 1.42 bits per heavy atom. The molecule has 0 amide bonds. The van der Waals surface area contributed by atoms with Crippen molar-refractivity contribution >= 4 is 34.3 Å². The maximum atomic E-state index is 12.5. The van der Waals surface area contributed by atoms with Gasteiger partial charge in [-0.05, 0) is 18.2 Å². The first-order valence-corrected chi connectivity index (χ1v) is 3.58. The minimum atomic E-state index is -1.13. The van der Waals surface area contributed by atoms with Crippen LogP contribution in [0.2, 0.25) is 0 Å². The van der Waals surface area contributed by atoms with Gasteiger partial charge in [-0.25, -0.2) is 9.18 Å². The van der Waals surface area contributed by atoms with E-state index in [-0.39, 0.29) is 18.0 Å². The molecule has 2 nitrogen and oxygen atoms in total. The van der Waals surface area contributed by atoms with Crippen molar-refractivity contribution < 1.29 is 14.3 Å². The van der Waals surface area contributed by atoms with Gasteiger partial charge in [0.1, 0.15) is 5.82 Å². The zero-order chi connectivity index (χ0) is 8.43. The minimum absolute atomic E-state index is 0. The molecule has 0 fully saturated rings. The molecule has 0 radical (unpaired) electrons. The van der Waals surface area contributed by atoms with Crippen LogP contribution in [0.1, 0.15) is 10.4 Å². The molecule has 0 atom stereocenters. The molecule has 0 unspecified atom stereocenters. The van der Waals surface area contributed by atoms with Crippen LogP contribution in [0.5, 0.6) is 0 Å². The van der Waals surface area contributed by atoms with E-state index in [0.717, 1.165) is 6.07 Å². The maximum absolute atomic E-state index is 12.5. The number of halogens is 3. The van der Waals surface area contributed by atoms with Crippen molar-refractivity contribution in [2.45, 2.75) is 0 Å². The number of hydrogen-bond donors (Lipinski definition) is 1. The lowest BCUT2D eigenvalue weighted by molar-refractivity contribution is 0.0696. The summed E-state index contributed by atoms with van der Waals surface area (Å²) in [5, 5.41) is 8.45. The average molecular weight is 255 g/mol. The van der Waals surface area contributed by atoms with Crippen molar-refractivity contribution in [3.63, 3.8) is 0 Å². The standard InChI is InChI=1S/C7H4BrFO2.ClH/c8-5-1-4(7(10)11)2-6(9)3-5;/h1-3H,(H,10,11);1H. The maximum Gasteiger partial charge on any atom is 0.335 e. The van der Waals surface area contributed by atoms with E-state index in [4.69, 9.17) is 5.11 Å². The fourth-order valence-corrected chi connectivity index (χ4v) is 1.14. The summed E-state index contributed by atoms with van der Waals surface area (Å²) in [6.45, 7) is 0. The Labute approximate surface area is 82.9 Å². The molecule has 1 N–H and O–H groups in total. The van der Waals surface area contributed by atoms with Crippen LogP contribution in [0.4, 0.5) is 4.39 Å². The molecule has 0 saturated heterocycles. The van der Waals surface area contributed by atoms with Crippen LogP contribution in [0.3, 0.4) is 0 Å². The largest absolute Gasteiger partial charge is 0.478 e. The zero-order valence-electron chi connectivity index (χ0n) is 5.75. The second-order valence-corrected chi connectivity index (χ2v) is 2.88. The predicted octanol–water partition coefficient (Wildman–Crippen LogP) is 2.71. The van der Waals surface area contributed by atoms with E-state index in [1.807, 2.05) is 0 Å². The van der Waals surface area contributed by atoms with E-state index in [1.165, 1.54) is 12.1 Å². The normalized spacial score (nSPS) is 8.83. The van der Waals surface area contributed by atoms with Gasteiger partial charge in [0, 0.05) is 4.47 Å². The second kappa shape index (κ2) is 4.42. The van der Waals surface area contributed by atoms with E-state index in [2.05, 4.69) is 15.9 Å². The Hall–Kier alpha value is -0.610. The fourth-order valence-electron chi connectivity index (χ4n) is 0.677. The Kier molecular flexibility index (Phi) is 4.20. The lowest BCUT2D eigenvalue weighted by Gasteiger charge is -1.95. The molecule has 0 aliphatic rings. The summed E-state index contributed by atoms with van der Waals surface area (Å²) in [6, 6.07) is 3.50. The Morgan fingerprint density at radius 3 is 2.42 bits per heavy atom. The molecule has 0 heterocycles. The number of aromatic carboxylic acids is 1. The lowest BCUT2D eigenvalue weighted by atomic mass is 10.2. The van der Waals surface area contributed by atoms with E-state index in [1.54, 1.807) is 0 Å². The van der Waals surface area contributed by atoms with E-state index >= 15 is 0 Å². The first kappa shape index (κ1) is 11.4. The third-order valence-electron chi connectivity index (χ3n) is 1.11. The highest BCUT2D eigenvalue weighted by Crippen LogP contribution is 2.14. The Morgan fingerprint density at radius 2 is 2.00 bits per heavy atom. The number of rotatable bonds is 1. The van der Waals surface area contributed by atoms with E-state index in [9.17, 15) is 9.18 Å². The van der Waals surface area contributed by atoms with Gasteiger partial charge >= 0.3 is 5.97 Å². The zero-order valence-corrected chi connectivity index (χ0v) is 8.15. The molecular weight excluding hydrogens is 250 g/mol. The summed E-state index contributed by atoms with van der Waals surface area (Å²) in [7, 11) is 0. The molecule has 0 spiro atoms. The summed E-state index contributed by atoms with van der Waals surface area (Å²) in [5.41, 5.74) is -0.0584. The fraction of sp³-hybridized carbons (Fsp3) is 0. The highest BCUT2D eigenvalue weighted by Gasteiger charge is 2.04. The smallest absolute Gasteiger partial charge is 0.335 e. The van der Waals surface area contributed by atoms with Crippen LogP contribution in [0.25, 0.3) is 0 Å². The summed E-state index contributed by atoms with van der Waals surface area (Å²) in [6.07, 6.45) is 0. The van der Waals surface area contributed by atoms with Crippen LogP contribution in [-0.4, -0.2) is 11.1 Å². The van der Waals surface area contributed by atoms with Crippen molar-refractivity contribution in [3.8, 4) is 0 Å². The summed E-state index contributed by atoms with van der Waals surface area (Å²) >= 11 is 2.98. The van der Waals surface area contributed by atoms with Gasteiger partial charge in [-0.2, -0.15) is 0 Å². The van der Waals surface area contributed by atoms with Gasteiger partial charge in [0.05, 0.1) is 5.56 Å². The number of carbonyl (C=O) groups is 1. The minimum Gasteiger partial charge on any atom is -0.478 e. The number of carboxylic acid groups (broad SMARTS) is 1. The van der Waals surface area contributed by atoms with Gasteiger partial charge in [0.2, 0.25) is 0 Å². The molecule has 0 aromatic heterocycles. The second-order valence-electron chi connectivity index (χ2n) is 1.96. The number of carboxylic acids is 1. The molecule has 5 heteroatoms. The molecule has 12 heavy (non-hydrogen) atoms. The summed E-state index contributed by atoms with van der Waals surface area (Å²) in [4.78, 5) is 10.3. The van der Waals surface area contributed by atoms with Crippen molar-refractivity contribution in [2.24, 2.45) is 0 Å². The summed E-state index contributed by atoms with van der Waals surface area (Å²) < 4.78 is 12.9. The van der Waals surface area contributed by atoms with Crippen molar-refractivity contribution in [3.05, 3.63) is 34.1 Å².